The molecule has 114 valence electrons. The minimum Gasteiger partial charge on any atom is -0.0990 e. The summed E-state index contributed by atoms with van der Waals surface area (Å²) < 4.78 is 0. The second kappa shape index (κ2) is 5.82. The molecule has 0 aliphatic carbocycles. The third-order valence-electron chi connectivity index (χ3n) is 4.52. The average molecular weight is 306 g/mol. The zero-order chi connectivity index (χ0) is 16.5. The Morgan fingerprint density at radius 1 is 0.708 bits per heavy atom. The van der Waals surface area contributed by atoms with Gasteiger partial charge in [0.2, 0.25) is 0 Å². The third kappa shape index (κ3) is 2.33. The maximum absolute atomic E-state index is 4.11. The Bertz CT molecular complexity index is 1180. The van der Waals surface area contributed by atoms with Crippen LogP contribution in [-0.2, 0) is 0 Å². The zero-order valence-corrected chi connectivity index (χ0v) is 13.5. The van der Waals surface area contributed by atoms with Crippen molar-refractivity contribution in [2.45, 2.75) is 0 Å². The average Bonchev–Trinajstić information content (AvgIpc) is 2.63. The van der Waals surface area contributed by atoms with Gasteiger partial charge in [0.1, 0.15) is 0 Å². The van der Waals surface area contributed by atoms with E-state index in [0.29, 0.717) is 0 Å². The number of benzene rings is 4. The smallest absolute Gasteiger partial charge is 0.00988 e. The molecule has 0 saturated carbocycles. The van der Waals surface area contributed by atoms with E-state index in [0.717, 1.165) is 10.4 Å². The minimum absolute atomic E-state index is 1.02. The topological polar surface area (TPSA) is 0 Å². The summed E-state index contributed by atoms with van der Waals surface area (Å²) in [5.74, 6) is 0. The molecule has 0 heterocycles. The molecule has 24 heavy (non-hydrogen) atoms. The van der Waals surface area contributed by atoms with E-state index in [2.05, 4.69) is 86.0 Å². The van der Waals surface area contributed by atoms with Crippen molar-refractivity contribution in [3.63, 3.8) is 0 Å². The summed E-state index contributed by atoms with van der Waals surface area (Å²) in [6.07, 6.45) is 3.82. The summed E-state index contributed by atoms with van der Waals surface area (Å²) in [6.45, 7) is 7.91. The molecule has 0 aliphatic heterocycles. The lowest BCUT2D eigenvalue weighted by Gasteiger charge is -2.11. The lowest BCUT2D eigenvalue weighted by atomic mass is 9.93. The van der Waals surface area contributed by atoms with E-state index in [4.69, 9.17) is 0 Å². The summed E-state index contributed by atoms with van der Waals surface area (Å²) in [5, 5.41) is 7.25. The van der Waals surface area contributed by atoms with Crippen LogP contribution in [0.25, 0.3) is 45.3 Å². The van der Waals surface area contributed by atoms with Gasteiger partial charge in [-0.05, 0) is 55.2 Å². The van der Waals surface area contributed by atoms with Crippen molar-refractivity contribution in [2.24, 2.45) is 0 Å². The van der Waals surface area contributed by atoms with Crippen LogP contribution < -0.4 is 10.4 Å². The molecule has 0 fully saturated rings. The fourth-order valence-corrected chi connectivity index (χ4v) is 3.34. The number of rotatable bonds is 2. The first-order chi connectivity index (χ1) is 11.8. The zero-order valence-electron chi connectivity index (χ0n) is 13.5. The largest absolute Gasteiger partial charge is 0.0990 e. The SMILES string of the molecule is C=CC=c1cc(-c2cc3ccccc3c3ccccc23)ccc1=C. The maximum Gasteiger partial charge on any atom is -0.00988 e. The second-order valence-corrected chi connectivity index (χ2v) is 6.01. The molecule has 4 aromatic carbocycles. The quantitative estimate of drug-likeness (QED) is 0.455. The van der Waals surface area contributed by atoms with E-state index in [1.807, 2.05) is 12.2 Å². The molecule has 0 aliphatic rings. The van der Waals surface area contributed by atoms with Crippen LogP contribution in [0.4, 0.5) is 0 Å². The van der Waals surface area contributed by atoms with E-state index in [-0.39, 0.29) is 0 Å². The Balaban J connectivity index is 2.13. The predicted molar refractivity (Wildman–Crippen MR) is 106 cm³/mol. The number of hydrogen-bond acceptors (Lipinski definition) is 0. The molecule has 4 rings (SSSR count). The summed E-state index contributed by atoms with van der Waals surface area (Å²) in [4.78, 5) is 0. The Morgan fingerprint density at radius 2 is 1.42 bits per heavy atom. The van der Waals surface area contributed by atoms with Crippen LogP contribution in [0.15, 0.2) is 85.5 Å². The first kappa shape index (κ1) is 14.5. The molecular weight excluding hydrogens is 288 g/mol. The van der Waals surface area contributed by atoms with Gasteiger partial charge in [0, 0.05) is 0 Å². The fraction of sp³-hybridized carbons (Fsp3) is 0. The van der Waals surface area contributed by atoms with Crippen LogP contribution >= 0.6 is 0 Å². The van der Waals surface area contributed by atoms with Crippen LogP contribution in [-0.4, -0.2) is 0 Å². The molecule has 0 aromatic heterocycles. The first-order valence-corrected chi connectivity index (χ1v) is 8.10. The number of allylic oxidation sites excluding steroid dienone is 1. The van der Waals surface area contributed by atoms with Crippen molar-refractivity contribution in [3.8, 4) is 11.1 Å². The molecule has 0 atom stereocenters. The highest BCUT2D eigenvalue weighted by atomic mass is 14.1. The molecule has 0 saturated heterocycles. The van der Waals surface area contributed by atoms with Crippen molar-refractivity contribution in [1.29, 1.82) is 0 Å². The van der Waals surface area contributed by atoms with Crippen LogP contribution in [0.2, 0.25) is 0 Å². The molecular formula is C24H18. The van der Waals surface area contributed by atoms with Crippen LogP contribution in [0.1, 0.15) is 0 Å². The van der Waals surface area contributed by atoms with Gasteiger partial charge >= 0.3 is 0 Å². The van der Waals surface area contributed by atoms with Gasteiger partial charge in [0.25, 0.3) is 0 Å². The highest BCUT2D eigenvalue weighted by Gasteiger charge is 2.07. The van der Waals surface area contributed by atoms with E-state index >= 15 is 0 Å². The van der Waals surface area contributed by atoms with Gasteiger partial charge in [-0.1, -0.05) is 86.0 Å². The van der Waals surface area contributed by atoms with Gasteiger partial charge in [-0.2, -0.15) is 0 Å². The van der Waals surface area contributed by atoms with Crippen LogP contribution in [0, 0.1) is 0 Å². The van der Waals surface area contributed by atoms with Gasteiger partial charge < -0.3 is 0 Å². The lowest BCUT2D eigenvalue weighted by molar-refractivity contribution is 1.53. The van der Waals surface area contributed by atoms with Crippen molar-refractivity contribution < 1.29 is 0 Å². The summed E-state index contributed by atoms with van der Waals surface area (Å²) in [5.41, 5.74) is 2.46. The minimum atomic E-state index is 1.02. The third-order valence-corrected chi connectivity index (χ3v) is 4.52. The van der Waals surface area contributed by atoms with E-state index in [1.54, 1.807) is 0 Å². The van der Waals surface area contributed by atoms with Gasteiger partial charge in [-0.25, -0.2) is 0 Å². The van der Waals surface area contributed by atoms with Gasteiger partial charge in [0.15, 0.2) is 0 Å². The molecule has 0 spiro atoms. The molecule has 0 radical (unpaired) electrons. The van der Waals surface area contributed by atoms with E-state index in [9.17, 15) is 0 Å². The van der Waals surface area contributed by atoms with Crippen molar-refractivity contribution in [2.75, 3.05) is 0 Å². The molecule has 0 heteroatoms. The summed E-state index contributed by atoms with van der Waals surface area (Å²) in [7, 11) is 0. The van der Waals surface area contributed by atoms with Crippen molar-refractivity contribution >= 4 is 34.2 Å². The highest BCUT2D eigenvalue weighted by molar-refractivity contribution is 6.13. The molecule has 4 aromatic rings. The van der Waals surface area contributed by atoms with Crippen LogP contribution in [0.3, 0.4) is 0 Å². The predicted octanol–water partition coefficient (Wildman–Crippen LogP) is 5.04. The second-order valence-electron chi connectivity index (χ2n) is 6.01. The maximum atomic E-state index is 4.11. The standard InChI is InChI=1S/C24H18/c1-3-8-18-15-20(14-13-17(18)2)24-16-19-9-4-5-10-21(19)22-11-6-7-12-23(22)24/h3-16H,1-2H2. The van der Waals surface area contributed by atoms with E-state index < -0.39 is 0 Å². The van der Waals surface area contributed by atoms with Crippen molar-refractivity contribution in [1.82, 2.24) is 0 Å². The van der Waals surface area contributed by atoms with Gasteiger partial charge in [-0.3, -0.25) is 0 Å². The summed E-state index contributed by atoms with van der Waals surface area (Å²) >= 11 is 0. The van der Waals surface area contributed by atoms with Gasteiger partial charge in [0.05, 0.1) is 0 Å². The number of fused-ring (bicyclic) bond motifs is 3. The normalized spacial score (nSPS) is 11.9. The van der Waals surface area contributed by atoms with Crippen molar-refractivity contribution in [3.05, 3.63) is 95.9 Å². The fourth-order valence-electron chi connectivity index (χ4n) is 3.34. The molecule has 0 nitrogen and oxygen atoms in total. The Morgan fingerprint density at radius 3 is 2.21 bits per heavy atom. The molecule has 0 bridgehead atoms. The highest BCUT2D eigenvalue weighted by Crippen LogP contribution is 2.34. The molecule has 0 amide bonds. The molecule has 0 N–H and O–H groups in total. The summed E-state index contributed by atoms with van der Waals surface area (Å²) in [6, 6.07) is 25.9. The van der Waals surface area contributed by atoms with E-state index in [1.165, 1.54) is 32.7 Å². The molecule has 0 unspecified atom stereocenters. The Kier molecular flexibility index (Phi) is 3.51. The first-order valence-electron chi connectivity index (χ1n) is 8.10. The monoisotopic (exact) mass is 306 g/mol. The Labute approximate surface area is 141 Å². The number of hydrogen-bond donors (Lipinski definition) is 0. The van der Waals surface area contributed by atoms with Crippen LogP contribution in [0.5, 0.6) is 0 Å². The van der Waals surface area contributed by atoms with Gasteiger partial charge in [-0.15, -0.1) is 0 Å². The Hall–Kier alpha value is -3.12. The lowest BCUT2D eigenvalue weighted by Crippen LogP contribution is -2.22.